The zero-order valence-corrected chi connectivity index (χ0v) is 9.85. The lowest BCUT2D eigenvalue weighted by Crippen LogP contribution is -1.94. The van der Waals surface area contributed by atoms with Gasteiger partial charge in [0.1, 0.15) is 12.0 Å². The van der Waals surface area contributed by atoms with E-state index >= 15 is 0 Å². The summed E-state index contributed by atoms with van der Waals surface area (Å²) in [7, 11) is 0. The Morgan fingerprint density at radius 3 is 2.59 bits per heavy atom. The number of nitrogens with two attached hydrogens (primary N) is 1. The minimum atomic E-state index is 0.228. The number of rotatable bonds is 5. The third-order valence-corrected chi connectivity index (χ3v) is 2.47. The van der Waals surface area contributed by atoms with Gasteiger partial charge in [-0.25, -0.2) is 0 Å². The van der Waals surface area contributed by atoms with Crippen LogP contribution in [0.15, 0.2) is 34.9 Å². The summed E-state index contributed by atoms with van der Waals surface area (Å²) >= 11 is 0. The average Bonchev–Trinajstić information content (AvgIpc) is 2.75. The molecule has 1 aromatic carbocycles. The van der Waals surface area contributed by atoms with Crippen molar-refractivity contribution in [3.8, 4) is 5.75 Å². The van der Waals surface area contributed by atoms with Crippen LogP contribution in [0.4, 0.5) is 6.01 Å². The minimum Gasteiger partial charge on any atom is -0.494 e. The summed E-state index contributed by atoms with van der Waals surface area (Å²) in [5, 5.41) is 0. The Bertz CT molecular complexity index is 463. The van der Waals surface area contributed by atoms with Crippen LogP contribution < -0.4 is 10.5 Å². The van der Waals surface area contributed by atoms with Crippen LogP contribution in [0, 0.1) is 0 Å². The lowest BCUT2D eigenvalue weighted by molar-refractivity contribution is 0.340. The number of anilines is 1. The molecule has 0 atom stereocenters. The topological polar surface area (TPSA) is 61.3 Å². The molecule has 1 aromatic heterocycles. The summed E-state index contributed by atoms with van der Waals surface area (Å²) in [5.41, 5.74) is 7.54. The van der Waals surface area contributed by atoms with E-state index in [1.807, 2.05) is 19.1 Å². The Kier molecular flexibility index (Phi) is 3.65. The van der Waals surface area contributed by atoms with Gasteiger partial charge in [0.2, 0.25) is 0 Å². The SMILES string of the molecule is CCOc1ccc(CCc2coc(N)n2)cc1. The van der Waals surface area contributed by atoms with Gasteiger partial charge in [0.05, 0.1) is 12.3 Å². The number of aryl methyl sites for hydroxylation is 2. The van der Waals surface area contributed by atoms with E-state index in [2.05, 4.69) is 17.1 Å². The molecule has 0 aliphatic heterocycles. The molecule has 0 aliphatic rings. The largest absolute Gasteiger partial charge is 0.494 e. The summed E-state index contributed by atoms with van der Waals surface area (Å²) in [6, 6.07) is 8.32. The lowest BCUT2D eigenvalue weighted by Gasteiger charge is -2.04. The molecule has 0 aliphatic carbocycles. The molecule has 4 heteroatoms. The second kappa shape index (κ2) is 5.39. The maximum Gasteiger partial charge on any atom is 0.292 e. The first-order chi connectivity index (χ1) is 8.28. The van der Waals surface area contributed by atoms with Crippen molar-refractivity contribution in [2.24, 2.45) is 0 Å². The van der Waals surface area contributed by atoms with E-state index in [-0.39, 0.29) is 6.01 Å². The van der Waals surface area contributed by atoms with Gasteiger partial charge < -0.3 is 14.9 Å². The quantitative estimate of drug-likeness (QED) is 0.860. The number of hydrogen-bond donors (Lipinski definition) is 1. The predicted octanol–water partition coefficient (Wildman–Crippen LogP) is 2.44. The van der Waals surface area contributed by atoms with Crippen LogP contribution in [-0.2, 0) is 12.8 Å². The molecule has 17 heavy (non-hydrogen) atoms. The summed E-state index contributed by atoms with van der Waals surface area (Å²) in [5.74, 6) is 0.905. The first-order valence-corrected chi connectivity index (χ1v) is 5.69. The lowest BCUT2D eigenvalue weighted by atomic mass is 10.1. The van der Waals surface area contributed by atoms with Crippen molar-refractivity contribution < 1.29 is 9.15 Å². The Labute approximate surface area is 100 Å². The van der Waals surface area contributed by atoms with E-state index in [0.717, 1.165) is 24.3 Å². The van der Waals surface area contributed by atoms with Crippen LogP contribution in [0.1, 0.15) is 18.2 Å². The van der Waals surface area contributed by atoms with Crippen LogP contribution in [0.25, 0.3) is 0 Å². The minimum absolute atomic E-state index is 0.228. The smallest absolute Gasteiger partial charge is 0.292 e. The molecular formula is C13H16N2O2. The van der Waals surface area contributed by atoms with Crippen molar-refractivity contribution in [2.75, 3.05) is 12.3 Å². The predicted molar refractivity (Wildman–Crippen MR) is 65.9 cm³/mol. The maximum atomic E-state index is 5.41. The second-order valence-corrected chi connectivity index (χ2v) is 3.75. The highest BCUT2D eigenvalue weighted by Gasteiger charge is 2.01. The number of benzene rings is 1. The van der Waals surface area contributed by atoms with Crippen LogP contribution in [0.2, 0.25) is 0 Å². The fourth-order valence-electron chi connectivity index (χ4n) is 1.63. The van der Waals surface area contributed by atoms with Gasteiger partial charge in [0, 0.05) is 0 Å². The van der Waals surface area contributed by atoms with E-state index < -0.39 is 0 Å². The number of aromatic nitrogens is 1. The fraction of sp³-hybridized carbons (Fsp3) is 0.308. The molecule has 0 fully saturated rings. The van der Waals surface area contributed by atoms with Crippen molar-refractivity contribution >= 4 is 6.01 Å². The Morgan fingerprint density at radius 2 is 2.00 bits per heavy atom. The van der Waals surface area contributed by atoms with Crippen LogP contribution >= 0.6 is 0 Å². The second-order valence-electron chi connectivity index (χ2n) is 3.75. The van der Waals surface area contributed by atoms with Crippen molar-refractivity contribution in [3.63, 3.8) is 0 Å². The monoisotopic (exact) mass is 232 g/mol. The zero-order chi connectivity index (χ0) is 12.1. The number of nitrogens with zero attached hydrogens (tertiary/aromatic N) is 1. The molecule has 0 bridgehead atoms. The summed E-state index contributed by atoms with van der Waals surface area (Å²) in [4.78, 5) is 4.06. The molecular weight excluding hydrogens is 216 g/mol. The molecule has 0 radical (unpaired) electrons. The van der Waals surface area contributed by atoms with Gasteiger partial charge in [0.25, 0.3) is 6.01 Å². The molecule has 2 aromatic rings. The third-order valence-electron chi connectivity index (χ3n) is 2.47. The molecule has 1 heterocycles. The number of ether oxygens (including phenoxy) is 1. The van der Waals surface area contributed by atoms with Crippen LogP contribution in [0.5, 0.6) is 5.75 Å². The molecule has 2 N–H and O–H groups in total. The van der Waals surface area contributed by atoms with Crippen molar-refractivity contribution in [2.45, 2.75) is 19.8 Å². The zero-order valence-electron chi connectivity index (χ0n) is 9.85. The van der Waals surface area contributed by atoms with E-state index in [0.29, 0.717) is 6.61 Å². The van der Waals surface area contributed by atoms with Gasteiger partial charge in [-0.2, -0.15) is 4.98 Å². The van der Waals surface area contributed by atoms with Crippen LogP contribution in [-0.4, -0.2) is 11.6 Å². The van der Waals surface area contributed by atoms with E-state index in [4.69, 9.17) is 14.9 Å². The summed E-state index contributed by atoms with van der Waals surface area (Å²) in [6.07, 6.45) is 3.34. The van der Waals surface area contributed by atoms with E-state index in [1.54, 1.807) is 6.26 Å². The Hall–Kier alpha value is -1.97. The molecule has 0 amide bonds. The van der Waals surface area contributed by atoms with Gasteiger partial charge >= 0.3 is 0 Å². The van der Waals surface area contributed by atoms with Crippen molar-refractivity contribution in [3.05, 3.63) is 41.8 Å². The summed E-state index contributed by atoms with van der Waals surface area (Å²) < 4.78 is 10.3. The first-order valence-electron chi connectivity index (χ1n) is 5.69. The number of hydrogen-bond acceptors (Lipinski definition) is 4. The maximum absolute atomic E-state index is 5.41. The summed E-state index contributed by atoms with van der Waals surface area (Å²) in [6.45, 7) is 2.67. The molecule has 0 spiro atoms. The Morgan fingerprint density at radius 1 is 1.24 bits per heavy atom. The molecule has 0 unspecified atom stereocenters. The first kappa shape index (κ1) is 11.5. The standard InChI is InChI=1S/C13H16N2O2/c1-2-16-12-7-4-10(5-8-12)3-6-11-9-17-13(14)15-11/h4-5,7-9H,2-3,6H2,1H3,(H2,14,15). The number of nitrogen functional groups attached to an aromatic ring is 1. The van der Waals surface area contributed by atoms with Crippen LogP contribution in [0.3, 0.4) is 0 Å². The third kappa shape index (κ3) is 3.24. The Balaban J connectivity index is 1.90. The fourth-order valence-corrected chi connectivity index (χ4v) is 1.63. The highest BCUT2D eigenvalue weighted by atomic mass is 16.5. The van der Waals surface area contributed by atoms with Crippen molar-refractivity contribution in [1.29, 1.82) is 0 Å². The highest BCUT2D eigenvalue weighted by molar-refractivity contribution is 5.27. The van der Waals surface area contributed by atoms with E-state index in [1.165, 1.54) is 5.56 Å². The average molecular weight is 232 g/mol. The van der Waals surface area contributed by atoms with Gasteiger partial charge in [-0.15, -0.1) is 0 Å². The van der Waals surface area contributed by atoms with Crippen molar-refractivity contribution in [1.82, 2.24) is 4.98 Å². The molecule has 90 valence electrons. The van der Waals surface area contributed by atoms with Gasteiger partial charge in [-0.3, -0.25) is 0 Å². The van der Waals surface area contributed by atoms with Gasteiger partial charge in [-0.1, -0.05) is 12.1 Å². The normalized spacial score (nSPS) is 10.4. The van der Waals surface area contributed by atoms with E-state index in [9.17, 15) is 0 Å². The number of oxazole rings is 1. The molecule has 2 rings (SSSR count). The molecule has 4 nitrogen and oxygen atoms in total. The molecule has 0 saturated heterocycles. The van der Waals surface area contributed by atoms with Gasteiger partial charge in [-0.05, 0) is 37.5 Å². The highest BCUT2D eigenvalue weighted by Crippen LogP contribution is 2.14. The van der Waals surface area contributed by atoms with Gasteiger partial charge in [0.15, 0.2) is 0 Å². The molecule has 0 saturated carbocycles.